The van der Waals surface area contributed by atoms with E-state index in [0.29, 0.717) is 22.1 Å². The molecule has 112 valence electrons. The molecule has 1 aliphatic rings. The van der Waals surface area contributed by atoms with Crippen LogP contribution in [0.25, 0.3) is 0 Å². The zero-order valence-corrected chi connectivity index (χ0v) is 14.1. The van der Waals surface area contributed by atoms with Gasteiger partial charge in [-0.15, -0.1) is 0 Å². The van der Waals surface area contributed by atoms with Crippen molar-refractivity contribution in [2.24, 2.45) is 11.3 Å². The van der Waals surface area contributed by atoms with E-state index in [1.54, 1.807) is 7.11 Å². The minimum atomic E-state index is 0.265. The number of halogens is 2. The second-order valence-corrected chi connectivity index (χ2v) is 7.05. The number of hydrogen-bond acceptors (Lipinski definition) is 2. The average Bonchev–Trinajstić information content (AvgIpc) is 3.02. The molecule has 1 aromatic rings. The standard InChI is InChI=1S/C16H23Cl2NO/c1-5-6-19-15(11-9-16(11,2)3)10-7-13(18)14(20-4)8-12(10)17/h7-8,11,15,19H,5-6,9H2,1-4H3. The monoisotopic (exact) mass is 315 g/mol. The molecule has 1 N–H and O–H groups in total. The molecule has 2 atom stereocenters. The van der Waals surface area contributed by atoms with Gasteiger partial charge in [0.2, 0.25) is 0 Å². The Morgan fingerprint density at radius 3 is 2.50 bits per heavy atom. The predicted molar refractivity (Wildman–Crippen MR) is 85.9 cm³/mol. The van der Waals surface area contributed by atoms with E-state index in [1.165, 1.54) is 6.42 Å². The summed E-state index contributed by atoms with van der Waals surface area (Å²) in [6.45, 7) is 7.76. The fourth-order valence-electron chi connectivity index (χ4n) is 2.78. The molecule has 1 aliphatic carbocycles. The molecule has 0 aliphatic heterocycles. The van der Waals surface area contributed by atoms with Crippen molar-refractivity contribution in [1.82, 2.24) is 5.32 Å². The van der Waals surface area contributed by atoms with Gasteiger partial charge in [0.1, 0.15) is 5.75 Å². The van der Waals surface area contributed by atoms with Crippen LogP contribution in [0.15, 0.2) is 12.1 Å². The zero-order valence-electron chi connectivity index (χ0n) is 12.6. The van der Waals surface area contributed by atoms with Gasteiger partial charge in [0.05, 0.1) is 12.1 Å². The fourth-order valence-corrected chi connectivity index (χ4v) is 3.30. The van der Waals surface area contributed by atoms with Crippen LogP contribution in [0.4, 0.5) is 0 Å². The van der Waals surface area contributed by atoms with Crippen LogP contribution in [0.2, 0.25) is 10.0 Å². The van der Waals surface area contributed by atoms with Crippen LogP contribution < -0.4 is 10.1 Å². The van der Waals surface area contributed by atoms with E-state index in [9.17, 15) is 0 Å². The summed E-state index contributed by atoms with van der Waals surface area (Å²) in [6.07, 6.45) is 2.32. The molecule has 1 fully saturated rings. The third-order valence-electron chi connectivity index (χ3n) is 4.21. The lowest BCUT2D eigenvalue weighted by Gasteiger charge is -2.23. The second kappa shape index (κ2) is 6.13. The largest absolute Gasteiger partial charge is 0.495 e. The van der Waals surface area contributed by atoms with Crippen molar-refractivity contribution in [3.05, 3.63) is 27.7 Å². The van der Waals surface area contributed by atoms with E-state index in [2.05, 4.69) is 26.1 Å². The van der Waals surface area contributed by atoms with Crippen LogP contribution in [-0.2, 0) is 0 Å². The summed E-state index contributed by atoms with van der Waals surface area (Å²) >= 11 is 12.7. The number of hydrogen-bond donors (Lipinski definition) is 1. The van der Waals surface area contributed by atoms with Gasteiger partial charge in [0, 0.05) is 17.1 Å². The van der Waals surface area contributed by atoms with Gasteiger partial charge in [-0.2, -0.15) is 0 Å². The first-order valence-electron chi connectivity index (χ1n) is 7.17. The molecule has 0 saturated heterocycles. The molecule has 2 unspecified atom stereocenters. The molecule has 0 amide bonds. The molecule has 1 saturated carbocycles. The van der Waals surface area contributed by atoms with Crippen LogP contribution in [0, 0.1) is 11.3 Å². The van der Waals surface area contributed by atoms with Crippen LogP contribution in [0.1, 0.15) is 45.2 Å². The summed E-state index contributed by atoms with van der Waals surface area (Å²) in [5.41, 5.74) is 1.46. The van der Waals surface area contributed by atoms with Crippen molar-refractivity contribution in [2.45, 2.75) is 39.7 Å². The molecule has 0 heterocycles. The lowest BCUT2D eigenvalue weighted by Crippen LogP contribution is -2.25. The molecule has 0 aromatic heterocycles. The molecular formula is C16H23Cl2NO. The average molecular weight is 316 g/mol. The zero-order chi connectivity index (χ0) is 14.9. The SMILES string of the molecule is CCCNC(c1cc(Cl)c(OC)cc1Cl)C1CC1(C)C. The van der Waals surface area contributed by atoms with Gasteiger partial charge in [-0.05, 0) is 42.3 Å². The number of nitrogens with one attached hydrogen (secondary N) is 1. The third-order valence-corrected chi connectivity index (χ3v) is 4.84. The van der Waals surface area contributed by atoms with Crippen molar-refractivity contribution >= 4 is 23.2 Å². The van der Waals surface area contributed by atoms with Crippen molar-refractivity contribution in [3.8, 4) is 5.75 Å². The summed E-state index contributed by atoms with van der Waals surface area (Å²) in [5, 5.41) is 4.97. The van der Waals surface area contributed by atoms with Gasteiger partial charge in [0.25, 0.3) is 0 Å². The smallest absolute Gasteiger partial charge is 0.138 e. The van der Waals surface area contributed by atoms with E-state index in [4.69, 9.17) is 27.9 Å². The highest BCUT2D eigenvalue weighted by Crippen LogP contribution is 2.58. The van der Waals surface area contributed by atoms with Crippen LogP contribution in [0.5, 0.6) is 5.75 Å². The molecule has 1 aromatic carbocycles. The summed E-state index contributed by atoms with van der Waals surface area (Å²) in [6, 6.07) is 4.03. The molecule has 0 radical (unpaired) electrons. The molecule has 0 bridgehead atoms. The highest BCUT2D eigenvalue weighted by molar-refractivity contribution is 6.34. The lowest BCUT2D eigenvalue weighted by molar-refractivity contribution is 0.408. The Morgan fingerprint density at radius 1 is 1.35 bits per heavy atom. The number of methoxy groups -OCH3 is 1. The Kier molecular flexibility index (Phi) is 4.88. The van der Waals surface area contributed by atoms with E-state index in [-0.39, 0.29) is 6.04 Å². The van der Waals surface area contributed by atoms with E-state index < -0.39 is 0 Å². The lowest BCUT2D eigenvalue weighted by atomic mass is 9.96. The third kappa shape index (κ3) is 3.24. The molecule has 4 heteroatoms. The van der Waals surface area contributed by atoms with Crippen molar-refractivity contribution in [1.29, 1.82) is 0 Å². The minimum absolute atomic E-state index is 0.265. The summed E-state index contributed by atoms with van der Waals surface area (Å²) < 4.78 is 5.22. The molecular weight excluding hydrogens is 293 g/mol. The number of benzene rings is 1. The van der Waals surface area contributed by atoms with Crippen molar-refractivity contribution < 1.29 is 4.74 Å². The highest BCUT2D eigenvalue weighted by atomic mass is 35.5. The Morgan fingerprint density at radius 2 is 2.00 bits per heavy atom. The second-order valence-electron chi connectivity index (χ2n) is 6.24. The van der Waals surface area contributed by atoms with Gasteiger partial charge in [-0.25, -0.2) is 0 Å². The minimum Gasteiger partial charge on any atom is -0.495 e. The van der Waals surface area contributed by atoms with Crippen LogP contribution in [-0.4, -0.2) is 13.7 Å². The Hall–Kier alpha value is -0.440. The van der Waals surface area contributed by atoms with E-state index in [1.807, 2.05) is 12.1 Å². The van der Waals surface area contributed by atoms with Crippen molar-refractivity contribution in [2.75, 3.05) is 13.7 Å². The van der Waals surface area contributed by atoms with Gasteiger partial charge < -0.3 is 10.1 Å². The quantitative estimate of drug-likeness (QED) is 0.789. The molecule has 2 rings (SSSR count). The van der Waals surface area contributed by atoms with Gasteiger partial charge in [-0.1, -0.05) is 44.0 Å². The Balaban J connectivity index is 2.31. The molecule has 0 spiro atoms. The maximum absolute atomic E-state index is 6.44. The first-order chi connectivity index (χ1) is 9.40. The summed E-state index contributed by atoms with van der Waals surface area (Å²) in [5.74, 6) is 1.24. The predicted octanol–water partition coefficient (Wildman–Crippen LogP) is 5.09. The fraction of sp³-hybridized carbons (Fsp3) is 0.625. The molecule has 2 nitrogen and oxygen atoms in total. The van der Waals surface area contributed by atoms with Gasteiger partial charge in [-0.3, -0.25) is 0 Å². The normalized spacial score (nSPS) is 21.6. The summed E-state index contributed by atoms with van der Waals surface area (Å²) in [4.78, 5) is 0. The first kappa shape index (κ1) is 15.9. The molecule has 20 heavy (non-hydrogen) atoms. The maximum atomic E-state index is 6.44. The van der Waals surface area contributed by atoms with Crippen LogP contribution >= 0.6 is 23.2 Å². The highest BCUT2D eigenvalue weighted by Gasteiger charge is 2.50. The van der Waals surface area contributed by atoms with E-state index >= 15 is 0 Å². The number of rotatable bonds is 6. The van der Waals surface area contributed by atoms with Gasteiger partial charge >= 0.3 is 0 Å². The first-order valence-corrected chi connectivity index (χ1v) is 7.92. The Labute approximate surface area is 131 Å². The van der Waals surface area contributed by atoms with Crippen molar-refractivity contribution in [3.63, 3.8) is 0 Å². The summed E-state index contributed by atoms with van der Waals surface area (Å²) in [7, 11) is 1.61. The maximum Gasteiger partial charge on any atom is 0.138 e. The van der Waals surface area contributed by atoms with Crippen LogP contribution in [0.3, 0.4) is 0 Å². The number of ether oxygens (including phenoxy) is 1. The Bertz CT molecular complexity index is 488. The van der Waals surface area contributed by atoms with Gasteiger partial charge in [0.15, 0.2) is 0 Å². The topological polar surface area (TPSA) is 21.3 Å². The van der Waals surface area contributed by atoms with E-state index in [0.717, 1.165) is 23.6 Å².